The maximum atomic E-state index is 11.6. The Morgan fingerprint density at radius 1 is 1.64 bits per heavy atom. The van der Waals surface area contributed by atoms with Crippen LogP contribution >= 0.6 is 0 Å². The van der Waals surface area contributed by atoms with Crippen LogP contribution in [0, 0.1) is 5.92 Å². The van der Waals surface area contributed by atoms with E-state index in [1.54, 1.807) is 4.90 Å². The van der Waals surface area contributed by atoms with Gasteiger partial charge in [-0.3, -0.25) is 9.59 Å². The lowest BCUT2D eigenvalue weighted by Gasteiger charge is -2.15. The molecule has 0 aromatic heterocycles. The molecule has 1 aliphatic rings. The van der Waals surface area contributed by atoms with Crippen LogP contribution in [0.2, 0.25) is 5.82 Å². The summed E-state index contributed by atoms with van der Waals surface area (Å²) >= 11 is 0. The molecule has 1 aliphatic heterocycles. The van der Waals surface area contributed by atoms with Crippen LogP contribution in [0.4, 0.5) is 0 Å². The maximum absolute atomic E-state index is 11.6. The minimum absolute atomic E-state index is 0.0184. The van der Waals surface area contributed by atoms with Gasteiger partial charge in [-0.2, -0.15) is 0 Å². The molecule has 76 valence electrons. The second-order valence-corrected chi connectivity index (χ2v) is 3.88. The summed E-state index contributed by atoms with van der Waals surface area (Å²) in [5.41, 5.74) is 0. The molecule has 0 N–H and O–H groups in total. The smallest absolute Gasteiger partial charge is 0.217 e. The van der Waals surface area contributed by atoms with Gasteiger partial charge in [-0.15, -0.1) is 0 Å². The summed E-state index contributed by atoms with van der Waals surface area (Å²) in [6.45, 7) is 4.81. The largest absolute Gasteiger partial charge is 0.342 e. The van der Waals surface area contributed by atoms with E-state index in [9.17, 15) is 9.59 Å². The topological polar surface area (TPSA) is 37.4 Å². The molecule has 0 aromatic carbocycles. The normalized spacial score (nSPS) is 27.0. The minimum atomic E-state index is -0.607. The van der Waals surface area contributed by atoms with Crippen molar-refractivity contribution in [2.45, 2.75) is 32.5 Å². The molecule has 0 aromatic rings. The number of unbranched alkanes of at least 4 members (excludes halogenated alkanes) is 1. The van der Waals surface area contributed by atoms with Crippen molar-refractivity contribution < 1.29 is 9.59 Å². The average molecular weight is 193 g/mol. The Kier molecular flexibility index (Phi) is 3.73. The van der Waals surface area contributed by atoms with Gasteiger partial charge in [-0.05, 0) is 13.3 Å². The van der Waals surface area contributed by atoms with Crippen molar-refractivity contribution >= 4 is 19.5 Å². The van der Waals surface area contributed by atoms with Gasteiger partial charge in [-0.1, -0.05) is 13.3 Å². The second-order valence-electron chi connectivity index (χ2n) is 3.88. The summed E-state index contributed by atoms with van der Waals surface area (Å²) < 4.78 is 0. The van der Waals surface area contributed by atoms with Gasteiger partial charge in [0.1, 0.15) is 5.78 Å². The van der Waals surface area contributed by atoms with Crippen LogP contribution in [0.3, 0.4) is 0 Å². The molecule has 1 fully saturated rings. The molecule has 3 nitrogen and oxygen atoms in total. The summed E-state index contributed by atoms with van der Waals surface area (Å²) in [5.74, 6) is -0.952. The zero-order valence-electron chi connectivity index (χ0n) is 8.82. The molecule has 1 saturated heterocycles. The van der Waals surface area contributed by atoms with Crippen LogP contribution in [0.15, 0.2) is 0 Å². The van der Waals surface area contributed by atoms with E-state index in [2.05, 4.69) is 6.92 Å². The third-order valence-electron chi connectivity index (χ3n) is 2.75. The van der Waals surface area contributed by atoms with Crippen molar-refractivity contribution in [2.75, 3.05) is 13.1 Å². The van der Waals surface area contributed by atoms with E-state index >= 15 is 0 Å². The van der Waals surface area contributed by atoms with Crippen LogP contribution in [0.1, 0.15) is 26.7 Å². The summed E-state index contributed by atoms with van der Waals surface area (Å²) in [7, 11) is 5.67. The third kappa shape index (κ3) is 2.17. The van der Waals surface area contributed by atoms with Gasteiger partial charge in [-0.25, -0.2) is 0 Å². The quantitative estimate of drug-likeness (QED) is 0.619. The fourth-order valence-corrected chi connectivity index (χ4v) is 1.76. The van der Waals surface area contributed by atoms with E-state index in [1.807, 2.05) is 0 Å². The highest BCUT2D eigenvalue weighted by molar-refractivity contribution is 6.26. The molecule has 2 unspecified atom stereocenters. The van der Waals surface area contributed by atoms with Crippen LogP contribution in [0.25, 0.3) is 0 Å². The fraction of sp³-hybridized carbons (Fsp3) is 0.800. The van der Waals surface area contributed by atoms with Crippen molar-refractivity contribution in [3.8, 4) is 0 Å². The Hall–Kier alpha value is -0.795. The van der Waals surface area contributed by atoms with Crippen molar-refractivity contribution in [3.05, 3.63) is 0 Å². The summed E-state index contributed by atoms with van der Waals surface area (Å²) in [4.78, 5) is 24.4. The Labute approximate surface area is 86.3 Å². The van der Waals surface area contributed by atoms with Crippen LogP contribution in [0.5, 0.6) is 0 Å². The first-order valence-electron chi connectivity index (χ1n) is 5.12. The van der Waals surface area contributed by atoms with E-state index in [0.29, 0.717) is 6.54 Å². The fourth-order valence-electron chi connectivity index (χ4n) is 1.76. The average Bonchev–Trinajstić information content (AvgIpc) is 2.42. The number of likely N-dealkylation sites (tertiary alicyclic amines) is 1. The standard InChI is InChI=1S/C10H16BNO2/c1-3-4-5-12-6-8(7(2)13)9(11)10(12)14/h8-9H,3-6H2,1-2H3. The number of carbonyl (C=O) groups is 2. The molecule has 2 radical (unpaired) electrons. The lowest BCUT2D eigenvalue weighted by atomic mass is 9.77. The van der Waals surface area contributed by atoms with Crippen molar-refractivity contribution in [3.63, 3.8) is 0 Å². The molecule has 14 heavy (non-hydrogen) atoms. The van der Waals surface area contributed by atoms with Crippen molar-refractivity contribution in [2.24, 2.45) is 5.92 Å². The van der Waals surface area contributed by atoms with Gasteiger partial charge in [0.2, 0.25) is 5.91 Å². The van der Waals surface area contributed by atoms with Crippen molar-refractivity contribution in [1.29, 1.82) is 0 Å². The van der Waals surface area contributed by atoms with E-state index in [4.69, 9.17) is 7.85 Å². The van der Waals surface area contributed by atoms with E-state index < -0.39 is 5.82 Å². The Bertz CT molecular complexity index is 242. The molecule has 2 atom stereocenters. The van der Waals surface area contributed by atoms with Gasteiger partial charge in [0, 0.05) is 24.8 Å². The zero-order valence-corrected chi connectivity index (χ0v) is 8.82. The predicted octanol–water partition coefficient (Wildman–Crippen LogP) is 0.791. The SMILES string of the molecule is [B]C1C(=O)N(CCCC)CC1C(C)=O. The highest BCUT2D eigenvalue weighted by Crippen LogP contribution is 2.27. The molecular formula is C10H16BNO2. The predicted molar refractivity (Wildman–Crippen MR) is 55.2 cm³/mol. The maximum Gasteiger partial charge on any atom is 0.217 e. The zero-order chi connectivity index (χ0) is 10.7. The third-order valence-corrected chi connectivity index (χ3v) is 2.75. The Balaban J connectivity index is 2.57. The summed E-state index contributed by atoms with van der Waals surface area (Å²) in [6.07, 6.45) is 2.02. The van der Waals surface area contributed by atoms with Crippen LogP contribution in [-0.4, -0.2) is 37.5 Å². The van der Waals surface area contributed by atoms with E-state index in [0.717, 1.165) is 19.4 Å². The molecule has 1 amide bonds. The number of carbonyl (C=O) groups excluding carboxylic acids is 2. The van der Waals surface area contributed by atoms with Gasteiger partial charge in [0.25, 0.3) is 0 Å². The number of Topliss-reactive ketones (excluding diaryl/α,β-unsaturated/α-hetero) is 1. The summed E-state index contributed by atoms with van der Waals surface area (Å²) in [6, 6.07) is 0. The Morgan fingerprint density at radius 2 is 2.29 bits per heavy atom. The van der Waals surface area contributed by atoms with Gasteiger partial charge in [0.15, 0.2) is 0 Å². The molecule has 0 aliphatic carbocycles. The molecule has 0 bridgehead atoms. The first-order chi connectivity index (χ1) is 6.57. The number of nitrogens with zero attached hydrogens (tertiary/aromatic N) is 1. The summed E-state index contributed by atoms with van der Waals surface area (Å²) in [5, 5.41) is 0. The first kappa shape index (κ1) is 11.3. The van der Waals surface area contributed by atoms with Gasteiger partial charge >= 0.3 is 0 Å². The van der Waals surface area contributed by atoms with E-state index in [1.165, 1.54) is 6.92 Å². The number of rotatable bonds is 4. The minimum Gasteiger partial charge on any atom is -0.342 e. The lowest BCUT2D eigenvalue weighted by Crippen LogP contribution is -2.27. The molecule has 0 spiro atoms. The number of amides is 1. The first-order valence-corrected chi connectivity index (χ1v) is 5.12. The molecule has 0 saturated carbocycles. The van der Waals surface area contributed by atoms with Crippen molar-refractivity contribution in [1.82, 2.24) is 4.90 Å². The highest BCUT2D eigenvalue weighted by atomic mass is 16.2. The van der Waals surface area contributed by atoms with Crippen LogP contribution < -0.4 is 0 Å². The molecule has 4 heteroatoms. The van der Waals surface area contributed by atoms with E-state index in [-0.39, 0.29) is 17.6 Å². The second kappa shape index (κ2) is 4.62. The van der Waals surface area contributed by atoms with Gasteiger partial charge < -0.3 is 4.90 Å². The Morgan fingerprint density at radius 3 is 2.71 bits per heavy atom. The number of hydrogen-bond donors (Lipinski definition) is 0. The molecular weight excluding hydrogens is 177 g/mol. The molecule has 1 rings (SSSR count). The highest BCUT2D eigenvalue weighted by Gasteiger charge is 2.38. The number of hydrogen-bond acceptors (Lipinski definition) is 2. The lowest BCUT2D eigenvalue weighted by molar-refractivity contribution is -0.128. The van der Waals surface area contributed by atoms with Gasteiger partial charge in [0.05, 0.1) is 7.85 Å². The molecule has 1 heterocycles. The number of ketones is 1. The monoisotopic (exact) mass is 193 g/mol. The van der Waals surface area contributed by atoms with Crippen LogP contribution in [-0.2, 0) is 9.59 Å².